The Morgan fingerprint density at radius 2 is 1.90 bits per heavy atom. The number of anilines is 2. The van der Waals surface area contributed by atoms with Crippen LogP contribution in [0.3, 0.4) is 0 Å². The molecule has 0 fully saturated rings. The Bertz CT molecular complexity index is 1280. The summed E-state index contributed by atoms with van der Waals surface area (Å²) in [6, 6.07) is 19.9. The standard InChI is InChI=1S/C25H23ClN4O/c1-17-11-20(26)8-7-18(17)14-30-15-19(22-5-3-4-6-25(22)30)13-28-21-9-10-23(29-16-31)24(12-21)27-2/h3-13,15-16,27H,14H2,1-2H3,(H,29,31). The second-order valence-electron chi connectivity index (χ2n) is 7.30. The second kappa shape index (κ2) is 9.06. The topological polar surface area (TPSA) is 58.4 Å². The Hall–Kier alpha value is -3.57. The van der Waals surface area contributed by atoms with Crippen LogP contribution in [0.15, 0.2) is 71.9 Å². The first-order chi connectivity index (χ1) is 15.1. The molecule has 5 nitrogen and oxygen atoms in total. The number of amides is 1. The molecule has 4 aromatic rings. The summed E-state index contributed by atoms with van der Waals surface area (Å²) in [5.41, 5.74) is 6.91. The van der Waals surface area contributed by atoms with Crippen molar-refractivity contribution in [3.05, 3.63) is 88.6 Å². The number of benzene rings is 3. The molecule has 0 atom stereocenters. The Kier molecular flexibility index (Phi) is 6.05. The highest BCUT2D eigenvalue weighted by Crippen LogP contribution is 2.28. The molecule has 0 saturated carbocycles. The SMILES string of the molecule is CNc1cc(N=Cc2cn(Cc3ccc(Cl)cc3C)c3ccccc23)ccc1NC=O. The van der Waals surface area contributed by atoms with Crippen molar-refractivity contribution in [3.8, 4) is 0 Å². The average Bonchev–Trinajstić information content (AvgIpc) is 3.13. The van der Waals surface area contributed by atoms with Gasteiger partial charge in [-0.15, -0.1) is 0 Å². The maximum Gasteiger partial charge on any atom is 0.211 e. The summed E-state index contributed by atoms with van der Waals surface area (Å²) in [6.45, 7) is 2.84. The maximum atomic E-state index is 10.8. The number of para-hydroxylation sites is 1. The van der Waals surface area contributed by atoms with E-state index in [9.17, 15) is 4.79 Å². The molecule has 2 N–H and O–H groups in total. The van der Waals surface area contributed by atoms with Crippen molar-refractivity contribution in [2.45, 2.75) is 13.5 Å². The fourth-order valence-electron chi connectivity index (χ4n) is 3.68. The van der Waals surface area contributed by atoms with Gasteiger partial charge in [0.2, 0.25) is 6.41 Å². The summed E-state index contributed by atoms with van der Waals surface area (Å²) >= 11 is 6.12. The number of fused-ring (bicyclic) bond motifs is 1. The first-order valence-electron chi connectivity index (χ1n) is 9.98. The average molecular weight is 431 g/mol. The minimum atomic E-state index is 0.663. The van der Waals surface area contributed by atoms with Crippen LogP contribution in [0, 0.1) is 6.92 Å². The first kappa shape index (κ1) is 20.7. The lowest BCUT2D eigenvalue weighted by molar-refractivity contribution is -0.105. The van der Waals surface area contributed by atoms with Crippen molar-refractivity contribution in [1.29, 1.82) is 0 Å². The van der Waals surface area contributed by atoms with Crippen LogP contribution in [0.1, 0.15) is 16.7 Å². The highest BCUT2D eigenvalue weighted by Gasteiger charge is 2.09. The fourth-order valence-corrected chi connectivity index (χ4v) is 3.91. The molecule has 6 heteroatoms. The van der Waals surface area contributed by atoms with Gasteiger partial charge in [-0.3, -0.25) is 9.79 Å². The maximum absolute atomic E-state index is 10.8. The minimum absolute atomic E-state index is 0.663. The lowest BCUT2D eigenvalue weighted by Gasteiger charge is -2.09. The van der Waals surface area contributed by atoms with Crippen molar-refractivity contribution < 1.29 is 4.79 Å². The van der Waals surface area contributed by atoms with Crippen molar-refractivity contribution >= 4 is 52.2 Å². The van der Waals surface area contributed by atoms with Crippen molar-refractivity contribution in [1.82, 2.24) is 4.57 Å². The minimum Gasteiger partial charge on any atom is -0.386 e. The highest BCUT2D eigenvalue weighted by atomic mass is 35.5. The van der Waals surface area contributed by atoms with Gasteiger partial charge in [-0.2, -0.15) is 0 Å². The molecule has 0 spiro atoms. The molecular formula is C25H23ClN4O. The molecule has 31 heavy (non-hydrogen) atoms. The number of carbonyl (C=O) groups excluding carboxylic acids is 1. The van der Waals surface area contributed by atoms with E-state index in [1.165, 1.54) is 11.1 Å². The second-order valence-corrected chi connectivity index (χ2v) is 7.74. The zero-order chi connectivity index (χ0) is 21.8. The predicted octanol–water partition coefficient (Wildman–Crippen LogP) is 6.01. The van der Waals surface area contributed by atoms with Crippen LogP contribution in [-0.4, -0.2) is 24.2 Å². The van der Waals surface area contributed by atoms with E-state index in [-0.39, 0.29) is 0 Å². The number of nitrogens with zero attached hydrogens (tertiary/aromatic N) is 2. The number of aryl methyl sites for hydroxylation is 1. The molecule has 0 aliphatic rings. The summed E-state index contributed by atoms with van der Waals surface area (Å²) in [5, 5.41) is 7.66. The molecule has 1 heterocycles. The van der Waals surface area contributed by atoms with Crippen LogP contribution in [0.5, 0.6) is 0 Å². The summed E-state index contributed by atoms with van der Waals surface area (Å²) < 4.78 is 2.24. The van der Waals surface area contributed by atoms with Crippen LogP contribution in [0.2, 0.25) is 5.02 Å². The van der Waals surface area contributed by atoms with Crippen LogP contribution in [-0.2, 0) is 11.3 Å². The van der Waals surface area contributed by atoms with Crippen LogP contribution >= 0.6 is 11.6 Å². The van der Waals surface area contributed by atoms with Gasteiger partial charge in [-0.1, -0.05) is 35.9 Å². The Morgan fingerprint density at radius 3 is 2.68 bits per heavy atom. The zero-order valence-electron chi connectivity index (χ0n) is 17.4. The first-order valence-corrected chi connectivity index (χ1v) is 10.4. The highest BCUT2D eigenvalue weighted by molar-refractivity contribution is 6.30. The van der Waals surface area contributed by atoms with Crippen molar-refractivity contribution in [2.75, 3.05) is 17.7 Å². The summed E-state index contributed by atoms with van der Waals surface area (Å²) in [7, 11) is 1.81. The van der Waals surface area contributed by atoms with E-state index in [1.807, 2.05) is 55.7 Å². The Labute approximate surface area is 186 Å². The quantitative estimate of drug-likeness (QED) is 0.278. The van der Waals surface area contributed by atoms with Gasteiger partial charge in [0.25, 0.3) is 0 Å². The normalized spacial score (nSPS) is 11.2. The van der Waals surface area contributed by atoms with Gasteiger partial charge in [-0.25, -0.2) is 0 Å². The number of halogens is 1. The fraction of sp³-hybridized carbons (Fsp3) is 0.120. The molecule has 156 valence electrons. The third-order valence-corrected chi connectivity index (χ3v) is 5.54. The van der Waals surface area contributed by atoms with E-state index in [1.54, 1.807) is 0 Å². The van der Waals surface area contributed by atoms with Crippen LogP contribution in [0.25, 0.3) is 10.9 Å². The van der Waals surface area contributed by atoms with E-state index in [0.29, 0.717) is 12.1 Å². The lowest BCUT2D eigenvalue weighted by atomic mass is 10.1. The van der Waals surface area contributed by atoms with Crippen LogP contribution in [0.4, 0.5) is 17.1 Å². The Balaban J connectivity index is 1.68. The number of aliphatic imine (C=N–C) groups is 1. The van der Waals surface area contributed by atoms with E-state index in [0.717, 1.165) is 39.4 Å². The molecule has 3 aromatic carbocycles. The number of aromatic nitrogens is 1. The van der Waals surface area contributed by atoms with E-state index >= 15 is 0 Å². The van der Waals surface area contributed by atoms with Gasteiger partial charge in [0, 0.05) is 47.5 Å². The van der Waals surface area contributed by atoms with Crippen molar-refractivity contribution in [3.63, 3.8) is 0 Å². The molecule has 1 amide bonds. The van der Waals surface area contributed by atoms with Gasteiger partial charge in [0.1, 0.15) is 0 Å². The van der Waals surface area contributed by atoms with E-state index < -0.39 is 0 Å². The van der Waals surface area contributed by atoms with Crippen LogP contribution < -0.4 is 10.6 Å². The number of carbonyl (C=O) groups is 1. The molecule has 4 rings (SSSR count). The number of hydrogen-bond acceptors (Lipinski definition) is 3. The third-order valence-electron chi connectivity index (χ3n) is 5.30. The zero-order valence-corrected chi connectivity index (χ0v) is 18.1. The Morgan fingerprint density at radius 1 is 1.06 bits per heavy atom. The lowest BCUT2D eigenvalue weighted by Crippen LogP contribution is -2.00. The van der Waals surface area contributed by atoms with Gasteiger partial charge < -0.3 is 15.2 Å². The van der Waals surface area contributed by atoms with Gasteiger partial charge in [0.15, 0.2) is 0 Å². The molecule has 0 saturated heterocycles. The molecule has 1 aromatic heterocycles. The predicted molar refractivity (Wildman–Crippen MR) is 130 cm³/mol. The molecule has 0 unspecified atom stereocenters. The third kappa shape index (κ3) is 4.47. The molecule has 0 aliphatic carbocycles. The van der Waals surface area contributed by atoms with E-state index in [2.05, 4.69) is 51.5 Å². The molecular weight excluding hydrogens is 408 g/mol. The number of hydrogen-bond donors (Lipinski definition) is 2. The summed E-state index contributed by atoms with van der Waals surface area (Å²) in [4.78, 5) is 15.4. The number of nitrogens with one attached hydrogen (secondary N) is 2. The monoisotopic (exact) mass is 430 g/mol. The molecule has 0 aliphatic heterocycles. The molecule has 0 bridgehead atoms. The van der Waals surface area contributed by atoms with Crippen molar-refractivity contribution in [2.24, 2.45) is 4.99 Å². The van der Waals surface area contributed by atoms with Gasteiger partial charge >= 0.3 is 0 Å². The van der Waals surface area contributed by atoms with Gasteiger partial charge in [-0.05, 0) is 54.4 Å². The smallest absolute Gasteiger partial charge is 0.211 e. The summed E-state index contributed by atoms with van der Waals surface area (Å²) in [6.07, 6.45) is 4.68. The van der Waals surface area contributed by atoms with E-state index in [4.69, 9.17) is 11.6 Å². The summed E-state index contributed by atoms with van der Waals surface area (Å²) in [5.74, 6) is 0. The molecule has 0 radical (unpaired) electrons. The largest absolute Gasteiger partial charge is 0.386 e. The van der Waals surface area contributed by atoms with Gasteiger partial charge in [0.05, 0.1) is 17.1 Å². The number of rotatable bonds is 7.